The summed E-state index contributed by atoms with van der Waals surface area (Å²) in [5.41, 5.74) is 0.106. The van der Waals surface area contributed by atoms with Crippen LogP contribution >= 0.6 is 0 Å². The lowest BCUT2D eigenvalue weighted by molar-refractivity contribution is -0.0333. The molecule has 8 heteroatoms. The summed E-state index contributed by atoms with van der Waals surface area (Å²) in [5, 5.41) is 16.8. The highest BCUT2D eigenvalue weighted by molar-refractivity contribution is 5.79. The summed E-state index contributed by atoms with van der Waals surface area (Å²) in [7, 11) is 0. The summed E-state index contributed by atoms with van der Waals surface area (Å²) in [6.45, 7) is 7.49. The van der Waals surface area contributed by atoms with E-state index in [1.165, 1.54) is 44.2 Å². The van der Waals surface area contributed by atoms with Crippen molar-refractivity contribution in [2.24, 2.45) is 4.99 Å². The fraction of sp³-hybridized carbons (Fsp3) is 0.696. The van der Waals surface area contributed by atoms with Gasteiger partial charge in [0.25, 0.3) is 0 Å². The van der Waals surface area contributed by atoms with Crippen molar-refractivity contribution in [2.75, 3.05) is 52.5 Å². The lowest BCUT2D eigenvalue weighted by Crippen LogP contribution is -2.56. The van der Waals surface area contributed by atoms with Crippen LogP contribution in [0.2, 0.25) is 0 Å². The Hall–Kier alpha value is -1.90. The van der Waals surface area contributed by atoms with Crippen molar-refractivity contribution in [3.05, 3.63) is 30.1 Å². The molecule has 0 radical (unpaired) electrons. The number of benzene rings is 1. The normalized spacial score (nSPS) is 20.8. The molecule has 1 aliphatic carbocycles. The predicted octanol–water partition coefficient (Wildman–Crippen LogP) is 2.16. The second-order valence-electron chi connectivity index (χ2n) is 8.38. The van der Waals surface area contributed by atoms with Crippen LogP contribution in [-0.2, 0) is 4.74 Å². The fourth-order valence-corrected chi connectivity index (χ4v) is 4.39. The Morgan fingerprint density at radius 3 is 2.58 bits per heavy atom. The van der Waals surface area contributed by atoms with E-state index in [1.54, 1.807) is 12.1 Å². The maximum absolute atomic E-state index is 13.0. The van der Waals surface area contributed by atoms with Gasteiger partial charge < -0.3 is 25.2 Å². The van der Waals surface area contributed by atoms with Crippen LogP contribution in [0, 0.1) is 5.82 Å². The van der Waals surface area contributed by atoms with Crippen LogP contribution in [-0.4, -0.2) is 80.2 Å². The van der Waals surface area contributed by atoms with E-state index < -0.39 is 6.10 Å². The topological polar surface area (TPSA) is 78.4 Å². The molecule has 1 aliphatic heterocycles. The van der Waals surface area contributed by atoms with Crippen molar-refractivity contribution < 1.29 is 19.0 Å². The molecule has 0 bridgehead atoms. The molecule has 1 saturated carbocycles. The van der Waals surface area contributed by atoms with Gasteiger partial charge in [0.15, 0.2) is 5.96 Å². The molecular formula is C23H37FN4O3. The number of aliphatic hydroxyl groups excluding tert-OH is 1. The molecule has 174 valence electrons. The van der Waals surface area contributed by atoms with E-state index in [-0.39, 0.29) is 18.0 Å². The second-order valence-corrected chi connectivity index (χ2v) is 8.38. The number of nitrogens with zero attached hydrogens (tertiary/aromatic N) is 2. The van der Waals surface area contributed by atoms with E-state index in [2.05, 4.69) is 15.5 Å². The van der Waals surface area contributed by atoms with Gasteiger partial charge in [0.05, 0.1) is 19.8 Å². The van der Waals surface area contributed by atoms with Gasteiger partial charge in [0.1, 0.15) is 24.3 Å². The third-order valence-corrected chi connectivity index (χ3v) is 6.10. The number of aliphatic imine (C=N–C) groups is 1. The zero-order chi connectivity index (χ0) is 21.9. The van der Waals surface area contributed by atoms with Crippen LogP contribution in [0.25, 0.3) is 0 Å². The van der Waals surface area contributed by atoms with E-state index in [0.717, 1.165) is 39.4 Å². The summed E-state index contributed by atoms with van der Waals surface area (Å²) < 4.78 is 24.1. The molecule has 0 spiro atoms. The second kappa shape index (κ2) is 12.2. The summed E-state index contributed by atoms with van der Waals surface area (Å²) in [5.74, 6) is 0.932. The van der Waals surface area contributed by atoms with Crippen molar-refractivity contribution in [1.29, 1.82) is 0 Å². The zero-order valence-electron chi connectivity index (χ0n) is 18.6. The molecule has 1 unspecified atom stereocenters. The first kappa shape index (κ1) is 23.8. The van der Waals surface area contributed by atoms with Gasteiger partial charge in [0.2, 0.25) is 0 Å². The number of morpholine rings is 1. The Balaban J connectivity index is 1.53. The van der Waals surface area contributed by atoms with Gasteiger partial charge in [-0.1, -0.05) is 19.3 Å². The van der Waals surface area contributed by atoms with Gasteiger partial charge in [0, 0.05) is 31.7 Å². The fourth-order valence-electron chi connectivity index (χ4n) is 4.39. The molecule has 1 aromatic rings. The molecule has 0 amide bonds. The molecule has 31 heavy (non-hydrogen) atoms. The smallest absolute Gasteiger partial charge is 0.191 e. The summed E-state index contributed by atoms with van der Waals surface area (Å²) in [4.78, 5) is 7.48. The lowest BCUT2D eigenvalue weighted by atomic mass is 9.80. The van der Waals surface area contributed by atoms with E-state index >= 15 is 0 Å². The molecular weight excluding hydrogens is 399 g/mol. The van der Waals surface area contributed by atoms with Gasteiger partial charge in [-0.15, -0.1) is 0 Å². The molecule has 3 N–H and O–H groups in total. The van der Waals surface area contributed by atoms with Crippen molar-refractivity contribution >= 4 is 5.96 Å². The molecule has 1 aromatic carbocycles. The van der Waals surface area contributed by atoms with E-state index in [9.17, 15) is 9.50 Å². The van der Waals surface area contributed by atoms with E-state index in [0.29, 0.717) is 18.3 Å². The predicted molar refractivity (Wildman–Crippen MR) is 120 cm³/mol. The van der Waals surface area contributed by atoms with Gasteiger partial charge in [-0.3, -0.25) is 9.89 Å². The van der Waals surface area contributed by atoms with Crippen LogP contribution in [0.4, 0.5) is 4.39 Å². The zero-order valence-corrected chi connectivity index (χ0v) is 18.6. The maximum atomic E-state index is 13.0. The van der Waals surface area contributed by atoms with Crippen molar-refractivity contribution in [2.45, 2.75) is 50.7 Å². The summed E-state index contributed by atoms with van der Waals surface area (Å²) in [6, 6.07) is 5.78. The molecule has 3 rings (SSSR count). The van der Waals surface area contributed by atoms with Crippen LogP contribution in [0.15, 0.2) is 29.3 Å². The van der Waals surface area contributed by atoms with Crippen molar-refractivity contribution in [1.82, 2.24) is 15.5 Å². The molecule has 1 heterocycles. The molecule has 2 fully saturated rings. The number of rotatable bonds is 9. The Morgan fingerprint density at radius 2 is 1.90 bits per heavy atom. The minimum Gasteiger partial charge on any atom is -0.491 e. The number of aliphatic hydroxyl groups is 1. The molecule has 1 saturated heterocycles. The highest BCUT2D eigenvalue weighted by atomic mass is 19.1. The Kier molecular flexibility index (Phi) is 9.36. The number of ether oxygens (including phenoxy) is 2. The first-order valence-electron chi connectivity index (χ1n) is 11.5. The third-order valence-electron chi connectivity index (χ3n) is 6.10. The van der Waals surface area contributed by atoms with Crippen LogP contribution in [0.1, 0.15) is 39.0 Å². The first-order valence-corrected chi connectivity index (χ1v) is 11.5. The van der Waals surface area contributed by atoms with Crippen molar-refractivity contribution in [3.63, 3.8) is 0 Å². The number of halogens is 1. The Bertz CT molecular complexity index is 674. The van der Waals surface area contributed by atoms with Crippen molar-refractivity contribution in [3.8, 4) is 5.75 Å². The lowest BCUT2D eigenvalue weighted by Gasteiger charge is -2.47. The quantitative estimate of drug-likeness (QED) is 0.407. The molecule has 0 aromatic heterocycles. The largest absolute Gasteiger partial charge is 0.491 e. The number of guanidine groups is 1. The number of nitrogens with one attached hydrogen (secondary N) is 2. The number of hydrogen-bond acceptors (Lipinski definition) is 5. The van der Waals surface area contributed by atoms with E-state index in [1.807, 2.05) is 6.92 Å². The third kappa shape index (κ3) is 7.33. The van der Waals surface area contributed by atoms with Gasteiger partial charge in [-0.25, -0.2) is 4.39 Å². The Labute approximate surface area is 185 Å². The standard InChI is InChI=1S/C23H37FN4O3/c1-2-25-22(26-16-20(29)17-31-21-8-6-19(24)7-9-21)27-18-23(10-4-3-5-11-23)28-12-14-30-15-13-28/h6-9,20,29H,2-5,10-18H2,1H3,(H2,25,26,27). The molecule has 7 nitrogen and oxygen atoms in total. The average molecular weight is 437 g/mol. The van der Waals surface area contributed by atoms with Gasteiger partial charge in [-0.2, -0.15) is 0 Å². The van der Waals surface area contributed by atoms with Gasteiger partial charge in [-0.05, 0) is 44.0 Å². The maximum Gasteiger partial charge on any atom is 0.191 e. The minimum atomic E-state index is -0.711. The average Bonchev–Trinajstić information content (AvgIpc) is 2.81. The van der Waals surface area contributed by atoms with E-state index in [4.69, 9.17) is 14.5 Å². The SMILES string of the molecule is CCNC(=NCC1(N2CCOCC2)CCCCC1)NCC(O)COc1ccc(F)cc1. The highest BCUT2D eigenvalue weighted by Gasteiger charge is 2.38. The monoisotopic (exact) mass is 436 g/mol. The van der Waals surface area contributed by atoms with Gasteiger partial charge >= 0.3 is 0 Å². The summed E-state index contributed by atoms with van der Waals surface area (Å²) >= 11 is 0. The molecule has 2 aliphatic rings. The number of hydrogen-bond donors (Lipinski definition) is 3. The Morgan fingerprint density at radius 1 is 1.19 bits per heavy atom. The van der Waals surface area contributed by atoms with Crippen LogP contribution in [0.3, 0.4) is 0 Å². The minimum absolute atomic E-state index is 0.106. The first-order chi connectivity index (χ1) is 15.1. The summed E-state index contributed by atoms with van der Waals surface area (Å²) in [6.07, 6.45) is 5.42. The van der Waals surface area contributed by atoms with Crippen LogP contribution < -0.4 is 15.4 Å². The highest BCUT2D eigenvalue weighted by Crippen LogP contribution is 2.34. The molecule has 1 atom stereocenters. The van der Waals surface area contributed by atoms with Crippen LogP contribution in [0.5, 0.6) is 5.75 Å².